The Morgan fingerprint density at radius 2 is 1.77 bits per heavy atom. The number of aromatic amines is 1. The van der Waals surface area contributed by atoms with Gasteiger partial charge in [0.2, 0.25) is 10.8 Å². The molecule has 0 aliphatic heterocycles. The molecule has 31 heavy (non-hydrogen) atoms. The lowest BCUT2D eigenvalue weighted by Gasteiger charge is -2.02. The summed E-state index contributed by atoms with van der Waals surface area (Å²) in [6.45, 7) is 0. The number of nitrogens with zero attached hydrogens (tertiary/aromatic N) is 5. The van der Waals surface area contributed by atoms with E-state index in [-0.39, 0.29) is 0 Å². The SMILES string of the molecule is COc1ccc(-c2cc(-c3nnc4sc(-c5cccc6ccccc56)nn34)[nH]n2)cc1. The molecule has 8 heteroatoms. The van der Waals surface area contributed by atoms with Crippen molar-refractivity contribution in [2.24, 2.45) is 0 Å². The van der Waals surface area contributed by atoms with E-state index in [1.807, 2.05) is 42.5 Å². The Bertz CT molecular complexity index is 1520. The van der Waals surface area contributed by atoms with Gasteiger partial charge in [0.25, 0.3) is 0 Å². The van der Waals surface area contributed by atoms with Crippen LogP contribution in [0.5, 0.6) is 5.75 Å². The number of ether oxygens (including phenoxy) is 1. The van der Waals surface area contributed by atoms with E-state index in [9.17, 15) is 0 Å². The Morgan fingerprint density at radius 1 is 0.935 bits per heavy atom. The third-order valence-corrected chi connectivity index (χ3v) is 6.15. The fourth-order valence-corrected chi connectivity index (χ4v) is 4.53. The van der Waals surface area contributed by atoms with Crippen LogP contribution in [-0.4, -0.2) is 37.1 Å². The lowest BCUT2D eigenvalue weighted by molar-refractivity contribution is 0.415. The number of aromatic nitrogens is 6. The Morgan fingerprint density at radius 3 is 2.65 bits per heavy atom. The molecule has 0 bridgehead atoms. The van der Waals surface area contributed by atoms with Crippen molar-refractivity contribution in [2.45, 2.75) is 0 Å². The first-order valence-electron chi connectivity index (χ1n) is 9.71. The average molecular weight is 424 g/mol. The summed E-state index contributed by atoms with van der Waals surface area (Å²) in [6, 6.07) is 24.3. The second-order valence-electron chi connectivity index (χ2n) is 7.05. The van der Waals surface area contributed by atoms with E-state index in [1.54, 1.807) is 11.6 Å². The fraction of sp³-hybridized carbons (Fsp3) is 0.0435. The first kappa shape index (κ1) is 17.8. The average Bonchev–Trinajstić information content (AvgIpc) is 3.55. The highest BCUT2D eigenvalue weighted by Gasteiger charge is 2.17. The van der Waals surface area contributed by atoms with E-state index in [1.165, 1.54) is 22.1 Å². The molecule has 6 rings (SSSR count). The summed E-state index contributed by atoms with van der Waals surface area (Å²) in [6.07, 6.45) is 0. The van der Waals surface area contributed by atoms with Gasteiger partial charge in [-0.1, -0.05) is 53.8 Å². The maximum atomic E-state index is 5.23. The minimum atomic E-state index is 0.630. The number of hydrogen-bond donors (Lipinski definition) is 1. The second-order valence-corrected chi connectivity index (χ2v) is 8.00. The van der Waals surface area contributed by atoms with Gasteiger partial charge in [0.1, 0.15) is 16.5 Å². The van der Waals surface area contributed by atoms with Crippen LogP contribution < -0.4 is 4.74 Å². The molecule has 3 aromatic heterocycles. The normalized spacial score (nSPS) is 11.4. The van der Waals surface area contributed by atoms with Crippen molar-refractivity contribution in [2.75, 3.05) is 7.11 Å². The van der Waals surface area contributed by atoms with Crippen LogP contribution in [0.2, 0.25) is 0 Å². The lowest BCUT2D eigenvalue weighted by Crippen LogP contribution is -1.91. The summed E-state index contributed by atoms with van der Waals surface area (Å²) < 4.78 is 7.00. The third-order valence-electron chi connectivity index (χ3n) is 5.22. The maximum absolute atomic E-state index is 5.23. The summed E-state index contributed by atoms with van der Waals surface area (Å²) in [5.74, 6) is 1.44. The molecular formula is C23H16N6OS. The molecule has 0 unspecified atom stereocenters. The number of fused-ring (bicyclic) bond motifs is 2. The van der Waals surface area contributed by atoms with Gasteiger partial charge in [-0.05, 0) is 41.1 Å². The van der Waals surface area contributed by atoms with Crippen molar-refractivity contribution >= 4 is 27.1 Å². The van der Waals surface area contributed by atoms with E-state index >= 15 is 0 Å². The Kier molecular flexibility index (Phi) is 4.03. The van der Waals surface area contributed by atoms with E-state index in [0.29, 0.717) is 5.82 Å². The van der Waals surface area contributed by atoms with Crippen molar-refractivity contribution < 1.29 is 4.74 Å². The van der Waals surface area contributed by atoms with Gasteiger partial charge in [0.15, 0.2) is 0 Å². The van der Waals surface area contributed by atoms with Crippen molar-refractivity contribution in [3.05, 3.63) is 72.8 Å². The second kappa shape index (κ2) is 7.03. The van der Waals surface area contributed by atoms with Crippen molar-refractivity contribution in [1.29, 1.82) is 0 Å². The number of hydrogen-bond acceptors (Lipinski definition) is 6. The van der Waals surface area contributed by atoms with Crippen LogP contribution in [0.3, 0.4) is 0 Å². The summed E-state index contributed by atoms with van der Waals surface area (Å²) >= 11 is 1.52. The molecule has 0 radical (unpaired) electrons. The van der Waals surface area contributed by atoms with Crippen molar-refractivity contribution in [3.8, 4) is 39.1 Å². The van der Waals surface area contributed by atoms with Gasteiger partial charge < -0.3 is 4.74 Å². The van der Waals surface area contributed by atoms with Crippen LogP contribution in [0, 0.1) is 0 Å². The first-order valence-corrected chi connectivity index (χ1v) is 10.5. The van der Waals surface area contributed by atoms with Crippen molar-refractivity contribution in [3.63, 3.8) is 0 Å². The number of rotatable bonds is 4. The highest BCUT2D eigenvalue weighted by atomic mass is 32.1. The number of methoxy groups -OCH3 is 1. The molecule has 0 aliphatic carbocycles. The molecule has 0 spiro atoms. The number of H-pyrrole nitrogens is 1. The van der Waals surface area contributed by atoms with Crippen molar-refractivity contribution in [1.82, 2.24) is 30.0 Å². The molecule has 0 saturated carbocycles. The van der Waals surface area contributed by atoms with Gasteiger partial charge in [-0.3, -0.25) is 5.10 Å². The van der Waals surface area contributed by atoms with Gasteiger partial charge in [-0.15, -0.1) is 10.2 Å². The van der Waals surface area contributed by atoms with Crippen LogP contribution in [0.15, 0.2) is 72.8 Å². The maximum Gasteiger partial charge on any atom is 0.235 e. The lowest BCUT2D eigenvalue weighted by atomic mass is 10.1. The summed E-state index contributed by atoms with van der Waals surface area (Å²) in [5, 5.41) is 24.2. The van der Waals surface area contributed by atoms with Gasteiger partial charge in [0.05, 0.1) is 12.8 Å². The summed E-state index contributed by atoms with van der Waals surface area (Å²) in [7, 11) is 1.65. The third kappa shape index (κ3) is 2.96. The first-order chi connectivity index (χ1) is 15.3. The summed E-state index contributed by atoms with van der Waals surface area (Å²) in [5.41, 5.74) is 3.65. The van der Waals surface area contributed by atoms with Crippen LogP contribution in [-0.2, 0) is 0 Å². The smallest absolute Gasteiger partial charge is 0.235 e. The number of nitrogens with one attached hydrogen (secondary N) is 1. The van der Waals surface area contributed by atoms with E-state index < -0.39 is 0 Å². The van der Waals surface area contributed by atoms with E-state index in [4.69, 9.17) is 9.84 Å². The molecule has 0 aliphatic rings. The molecule has 0 fully saturated rings. The molecular weight excluding hydrogens is 408 g/mol. The van der Waals surface area contributed by atoms with Crippen LogP contribution >= 0.6 is 11.3 Å². The molecule has 6 aromatic rings. The molecule has 1 N–H and O–H groups in total. The zero-order chi connectivity index (χ0) is 20.8. The minimum absolute atomic E-state index is 0.630. The molecule has 0 atom stereocenters. The quantitative estimate of drug-likeness (QED) is 0.427. The monoisotopic (exact) mass is 424 g/mol. The molecule has 3 heterocycles. The topological polar surface area (TPSA) is 81.0 Å². The Hall–Kier alpha value is -4.04. The predicted molar refractivity (Wildman–Crippen MR) is 121 cm³/mol. The van der Waals surface area contributed by atoms with Crippen LogP contribution in [0.25, 0.3) is 49.1 Å². The van der Waals surface area contributed by atoms with Gasteiger partial charge >= 0.3 is 0 Å². The minimum Gasteiger partial charge on any atom is -0.497 e. The number of benzene rings is 3. The molecule has 3 aromatic carbocycles. The molecule has 0 amide bonds. The van der Waals surface area contributed by atoms with Crippen LogP contribution in [0.4, 0.5) is 0 Å². The van der Waals surface area contributed by atoms with Gasteiger partial charge in [-0.2, -0.15) is 14.7 Å². The highest BCUT2D eigenvalue weighted by molar-refractivity contribution is 7.20. The zero-order valence-corrected chi connectivity index (χ0v) is 17.3. The highest BCUT2D eigenvalue weighted by Crippen LogP contribution is 2.33. The predicted octanol–water partition coefficient (Wildman–Crippen LogP) is 5.07. The Balaban J connectivity index is 1.41. The zero-order valence-electron chi connectivity index (χ0n) is 16.5. The van der Waals surface area contributed by atoms with Gasteiger partial charge in [0, 0.05) is 11.1 Å². The molecule has 150 valence electrons. The standard InChI is InChI=1S/C23H16N6OS/c1-30-16-11-9-15(10-12-16)19-13-20(25-24-19)21-26-27-23-29(21)28-22(31-23)18-8-4-6-14-5-2-3-7-17(14)18/h2-13H,1H3,(H,24,25). The fourth-order valence-electron chi connectivity index (χ4n) is 3.65. The molecule has 0 saturated heterocycles. The van der Waals surface area contributed by atoms with E-state index in [2.05, 4.69) is 50.7 Å². The molecule has 7 nitrogen and oxygen atoms in total. The van der Waals surface area contributed by atoms with E-state index in [0.717, 1.165) is 38.2 Å². The Labute approximate surface area is 181 Å². The van der Waals surface area contributed by atoms with Crippen LogP contribution in [0.1, 0.15) is 0 Å². The van der Waals surface area contributed by atoms with Gasteiger partial charge in [-0.25, -0.2) is 0 Å². The summed E-state index contributed by atoms with van der Waals surface area (Å²) in [4.78, 5) is 0.735. The largest absolute Gasteiger partial charge is 0.497 e.